The van der Waals surface area contributed by atoms with E-state index in [9.17, 15) is 29.7 Å². The van der Waals surface area contributed by atoms with Crippen molar-refractivity contribution >= 4 is 22.8 Å². The predicted molar refractivity (Wildman–Crippen MR) is 180 cm³/mol. The van der Waals surface area contributed by atoms with Crippen LogP contribution in [-0.2, 0) is 27.1 Å². The van der Waals surface area contributed by atoms with E-state index >= 15 is 0 Å². The first-order valence-corrected chi connectivity index (χ1v) is 16.5. The largest absolute Gasteiger partial charge is 0.508 e. The number of amides is 1. The van der Waals surface area contributed by atoms with Crippen molar-refractivity contribution in [3.8, 4) is 17.2 Å². The lowest BCUT2D eigenvalue weighted by Crippen LogP contribution is -2.65. The molecule has 4 atom stereocenters. The molecule has 1 saturated carbocycles. The average molecular weight is 680 g/mol. The quantitative estimate of drug-likeness (QED) is 0.123. The molecule has 0 spiro atoms. The number of phenolic OH excluding ortho intramolecular Hbond substituents is 1. The van der Waals surface area contributed by atoms with Crippen molar-refractivity contribution in [1.82, 2.24) is 5.32 Å². The highest BCUT2D eigenvalue weighted by Gasteiger charge is 2.53. The molecule has 0 unspecified atom stereocenters. The first kappa shape index (κ1) is 35.9. The summed E-state index contributed by atoms with van der Waals surface area (Å²) in [6.07, 6.45) is 0.162. The minimum absolute atomic E-state index is 0.0201. The van der Waals surface area contributed by atoms with Crippen molar-refractivity contribution in [2.45, 2.75) is 109 Å². The summed E-state index contributed by atoms with van der Waals surface area (Å²) in [5.74, 6) is -0.613. The SMILES string of the molecule is CO[C@@H]1[C@@H](O)[C@@H](OC(=O)NC2CCCC2)[C@H](Oc2ccc3c(O)c(CC(=O)c4ccc(O)c(CC=C(C)C)c4)c(=O)oc3c2C)OC1(C)C. The molecule has 49 heavy (non-hydrogen) atoms. The van der Waals surface area contributed by atoms with E-state index in [-0.39, 0.29) is 39.6 Å². The Balaban J connectivity index is 1.41. The Morgan fingerprint density at radius 3 is 2.49 bits per heavy atom. The van der Waals surface area contributed by atoms with E-state index < -0.39 is 59.9 Å². The topological polar surface area (TPSA) is 174 Å². The summed E-state index contributed by atoms with van der Waals surface area (Å²) in [5, 5.41) is 35.7. The highest BCUT2D eigenvalue weighted by molar-refractivity contribution is 5.99. The Kier molecular flexibility index (Phi) is 10.7. The van der Waals surface area contributed by atoms with Crippen LogP contribution in [0.2, 0.25) is 0 Å². The van der Waals surface area contributed by atoms with E-state index in [1.54, 1.807) is 26.8 Å². The Labute approximate surface area is 284 Å². The first-order chi connectivity index (χ1) is 23.2. The van der Waals surface area contributed by atoms with Gasteiger partial charge in [0.15, 0.2) is 11.9 Å². The van der Waals surface area contributed by atoms with Crippen LogP contribution in [0.5, 0.6) is 17.2 Å². The maximum absolute atomic E-state index is 13.2. The number of alkyl carbamates (subject to hydrolysis) is 1. The third-order valence-electron chi connectivity index (χ3n) is 9.24. The number of benzene rings is 2. The highest BCUT2D eigenvalue weighted by Crippen LogP contribution is 2.38. The van der Waals surface area contributed by atoms with Gasteiger partial charge in [-0.2, -0.15) is 0 Å². The van der Waals surface area contributed by atoms with E-state index in [1.165, 1.54) is 31.4 Å². The lowest BCUT2D eigenvalue weighted by atomic mass is 9.89. The number of ether oxygens (including phenoxy) is 4. The predicted octanol–water partition coefficient (Wildman–Crippen LogP) is 5.37. The Hall–Kier alpha value is -4.39. The molecule has 1 amide bonds. The Morgan fingerprint density at radius 1 is 1.10 bits per heavy atom. The van der Waals surface area contributed by atoms with Crippen molar-refractivity contribution in [2.24, 2.45) is 0 Å². The second-order valence-electron chi connectivity index (χ2n) is 13.6. The van der Waals surface area contributed by atoms with Crippen LogP contribution in [0, 0.1) is 6.92 Å². The number of rotatable bonds is 10. The fourth-order valence-electron chi connectivity index (χ4n) is 6.53. The highest BCUT2D eigenvalue weighted by atomic mass is 16.7. The molecule has 2 fully saturated rings. The molecule has 1 aromatic heterocycles. The van der Waals surface area contributed by atoms with Gasteiger partial charge in [-0.05, 0) is 89.8 Å². The van der Waals surface area contributed by atoms with Gasteiger partial charge in [-0.25, -0.2) is 9.59 Å². The molecule has 12 heteroatoms. The fourth-order valence-corrected chi connectivity index (χ4v) is 6.53. The van der Waals surface area contributed by atoms with Gasteiger partial charge in [0.1, 0.15) is 35.0 Å². The standard InChI is InChI=1S/C37H45NO11/c1-19(2)11-12-21-17-22(13-15-26(21)39)27(40)18-25-29(41)24-14-16-28(20(3)31(24)47-34(25)43)46-35-32(30(42)33(45-6)37(4,5)49-35)48-36(44)38-23-9-7-8-10-23/h11,13-17,23,30,32-33,35,39,41-42H,7-10,12,18H2,1-6H3,(H,38,44)/t30-,32+,33+,35+/m0/s1. The zero-order valence-electron chi connectivity index (χ0n) is 28.7. The number of allylic oxidation sites excluding steroid dienone is 2. The van der Waals surface area contributed by atoms with Crippen molar-refractivity contribution in [3.63, 3.8) is 0 Å². The number of hydrogen-bond acceptors (Lipinski definition) is 11. The Bertz CT molecular complexity index is 1800. The van der Waals surface area contributed by atoms with Gasteiger partial charge in [0.25, 0.3) is 0 Å². The number of fused-ring (bicyclic) bond motifs is 1. The van der Waals surface area contributed by atoms with E-state index in [0.29, 0.717) is 17.5 Å². The second kappa shape index (κ2) is 14.6. The van der Waals surface area contributed by atoms with Gasteiger partial charge in [0, 0.05) is 30.7 Å². The van der Waals surface area contributed by atoms with E-state index in [1.807, 2.05) is 19.9 Å². The fraction of sp³-hybridized carbons (Fsp3) is 0.486. The van der Waals surface area contributed by atoms with Gasteiger partial charge in [0.2, 0.25) is 6.29 Å². The summed E-state index contributed by atoms with van der Waals surface area (Å²) in [5.41, 5.74) is 0.0646. The number of carbonyl (C=O) groups is 2. The number of aliphatic hydroxyl groups excluding tert-OH is 1. The minimum atomic E-state index is -1.31. The van der Waals surface area contributed by atoms with Crippen LogP contribution in [0.15, 0.2) is 51.2 Å². The lowest BCUT2D eigenvalue weighted by molar-refractivity contribution is -0.304. The molecule has 2 aromatic carbocycles. The van der Waals surface area contributed by atoms with E-state index in [0.717, 1.165) is 31.3 Å². The number of aromatic hydroxyl groups is 2. The smallest absolute Gasteiger partial charge is 0.407 e. The summed E-state index contributed by atoms with van der Waals surface area (Å²) in [6.45, 7) is 8.90. The average Bonchev–Trinajstić information content (AvgIpc) is 3.55. The number of aryl methyl sites for hydroxylation is 1. The van der Waals surface area contributed by atoms with Crippen molar-refractivity contribution in [2.75, 3.05) is 7.11 Å². The normalized spacial score (nSPS) is 22.1. The van der Waals surface area contributed by atoms with E-state index in [2.05, 4.69) is 5.32 Å². The molecule has 4 N–H and O–H groups in total. The van der Waals surface area contributed by atoms with Crippen LogP contribution < -0.4 is 15.7 Å². The molecule has 1 aliphatic carbocycles. The lowest BCUT2D eigenvalue weighted by Gasteiger charge is -2.47. The van der Waals surface area contributed by atoms with Crippen LogP contribution in [-0.4, -0.2) is 70.6 Å². The molecule has 2 heterocycles. The third-order valence-corrected chi connectivity index (χ3v) is 9.24. The second-order valence-corrected chi connectivity index (χ2v) is 13.6. The van der Waals surface area contributed by atoms with Gasteiger partial charge in [-0.3, -0.25) is 4.79 Å². The zero-order valence-corrected chi connectivity index (χ0v) is 28.7. The maximum Gasteiger partial charge on any atom is 0.407 e. The minimum Gasteiger partial charge on any atom is -0.508 e. The number of ketones is 1. The Morgan fingerprint density at radius 2 is 1.82 bits per heavy atom. The van der Waals surface area contributed by atoms with Crippen molar-refractivity contribution in [1.29, 1.82) is 0 Å². The van der Waals surface area contributed by atoms with Crippen LogP contribution in [0.3, 0.4) is 0 Å². The molecule has 264 valence electrons. The molecule has 12 nitrogen and oxygen atoms in total. The number of phenols is 1. The number of hydrogen-bond donors (Lipinski definition) is 4. The molecule has 1 aliphatic heterocycles. The summed E-state index contributed by atoms with van der Waals surface area (Å²) >= 11 is 0. The third kappa shape index (κ3) is 7.76. The summed E-state index contributed by atoms with van der Waals surface area (Å²) in [6, 6.07) is 7.45. The van der Waals surface area contributed by atoms with E-state index in [4.69, 9.17) is 23.4 Å². The first-order valence-electron chi connectivity index (χ1n) is 16.5. The van der Waals surface area contributed by atoms with Crippen LogP contribution in [0.1, 0.15) is 80.4 Å². The van der Waals surface area contributed by atoms with Gasteiger partial charge < -0.3 is 44.0 Å². The molecule has 3 aromatic rings. The number of carbonyl (C=O) groups excluding carboxylic acids is 2. The number of Topliss-reactive ketones (excluding diaryl/α,β-unsaturated/α-hetero) is 1. The molecule has 0 radical (unpaired) electrons. The number of methoxy groups -OCH3 is 1. The molecule has 2 aliphatic rings. The molecule has 5 rings (SSSR count). The molecular formula is C37H45NO11. The summed E-state index contributed by atoms with van der Waals surface area (Å²) in [7, 11) is 1.42. The van der Waals surface area contributed by atoms with Gasteiger partial charge >= 0.3 is 11.7 Å². The van der Waals surface area contributed by atoms with Crippen molar-refractivity contribution < 1.29 is 48.3 Å². The monoisotopic (exact) mass is 679 g/mol. The maximum atomic E-state index is 13.2. The molecule has 1 saturated heterocycles. The van der Waals surface area contributed by atoms with Crippen LogP contribution >= 0.6 is 0 Å². The van der Waals surface area contributed by atoms with Gasteiger partial charge in [0.05, 0.1) is 16.6 Å². The van der Waals surface area contributed by atoms with Crippen LogP contribution in [0.25, 0.3) is 11.0 Å². The van der Waals surface area contributed by atoms with Crippen LogP contribution in [0.4, 0.5) is 4.79 Å². The number of aliphatic hydroxyl groups is 1. The molecule has 0 bridgehead atoms. The zero-order chi connectivity index (χ0) is 35.6. The van der Waals surface area contributed by atoms with Gasteiger partial charge in [-0.15, -0.1) is 0 Å². The molecular weight excluding hydrogens is 634 g/mol. The summed E-state index contributed by atoms with van der Waals surface area (Å²) in [4.78, 5) is 39.3. The number of nitrogens with one attached hydrogen (secondary N) is 1. The summed E-state index contributed by atoms with van der Waals surface area (Å²) < 4.78 is 29.2. The van der Waals surface area contributed by atoms with Crippen molar-refractivity contribution in [3.05, 3.63) is 74.7 Å². The van der Waals surface area contributed by atoms with Gasteiger partial charge in [-0.1, -0.05) is 24.5 Å².